The molecule has 1 aliphatic heterocycles. The second kappa shape index (κ2) is 1.69. The molecule has 0 aromatic rings. The van der Waals surface area contributed by atoms with Crippen LogP contribution in [0.3, 0.4) is 0 Å². The highest BCUT2D eigenvalue weighted by atomic mass is 16.1. The van der Waals surface area contributed by atoms with Crippen LogP contribution in [0.1, 0.15) is 6.92 Å². The van der Waals surface area contributed by atoms with Gasteiger partial charge in [-0.05, 0) is 19.1 Å². The van der Waals surface area contributed by atoms with Crippen molar-refractivity contribution in [2.75, 3.05) is 0 Å². The molecule has 0 saturated heterocycles. The molecular weight excluding hydrogens is 116 g/mol. The lowest BCUT2D eigenvalue weighted by atomic mass is 10.0. The Balaban J connectivity index is 2.88. The van der Waals surface area contributed by atoms with Crippen molar-refractivity contribution in [1.82, 2.24) is 0 Å². The third-order valence-corrected chi connectivity index (χ3v) is 1.35. The molecular formula is C6H8N2O. The zero-order chi connectivity index (χ0) is 6.91. The molecule has 1 atom stereocenters. The Kier molecular flexibility index (Phi) is 1.12. The number of carbonyl (C=O) groups excluding carboxylic acids is 1. The van der Waals surface area contributed by atoms with Crippen molar-refractivity contribution in [2.24, 2.45) is 10.7 Å². The van der Waals surface area contributed by atoms with Gasteiger partial charge in [0.1, 0.15) is 0 Å². The van der Waals surface area contributed by atoms with Crippen LogP contribution < -0.4 is 5.73 Å². The fourth-order valence-corrected chi connectivity index (χ4v) is 0.617. The van der Waals surface area contributed by atoms with Gasteiger partial charge in [0.25, 0.3) is 0 Å². The van der Waals surface area contributed by atoms with Crippen LogP contribution in [0.4, 0.5) is 0 Å². The maximum Gasteiger partial charge on any atom is 0.249 e. The van der Waals surface area contributed by atoms with Crippen molar-refractivity contribution in [3.63, 3.8) is 0 Å². The summed E-state index contributed by atoms with van der Waals surface area (Å²) in [5.41, 5.74) is 4.25. The van der Waals surface area contributed by atoms with Gasteiger partial charge in [0.2, 0.25) is 5.91 Å². The number of rotatable bonds is 1. The Hall–Kier alpha value is -1.12. The molecule has 0 spiro atoms. The number of carbonyl (C=O) groups is 1. The van der Waals surface area contributed by atoms with E-state index in [4.69, 9.17) is 5.73 Å². The number of hydrogen-bond donors (Lipinski definition) is 1. The lowest BCUT2D eigenvalue weighted by Crippen LogP contribution is -2.35. The highest BCUT2D eigenvalue weighted by Crippen LogP contribution is 2.14. The summed E-state index contributed by atoms with van der Waals surface area (Å²) < 4.78 is 0. The number of amides is 1. The number of nitrogens with zero attached hydrogens (tertiary/aromatic N) is 1. The molecule has 1 amide bonds. The number of nitrogens with two attached hydrogens (primary N) is 1. The minimum atomic E-state index is -0.778. The molecule has 1 heterocycles. The first-order chi connectivity index (χ1) is 4.15. The van der Waals surface area contributed by atoms with Crippen LogP contribution in [0.5, 0.6) is 0 Å². The monoisotopic (exact) mass is 124 g/mol. The zero-order valence-electron chi connectivity index (χ0n) is 5.16. The standard InChI is InChI=1S/C6H8N2O/c1-6(5(7)9)3-2-4-8-6/h2-4H,1H3,(H2,7,9). The Labute approximate surface area is 53.3 Å². The quantitative estimate of drug-likeness (QED) is 0.520. The topological polar surface area (TPSA) is 55.5 Å². The number of hydrogen-bond acceptors (Lipinski definition) is 2. The predicted octanol–water partition coefficient (Wildman–Crippen LogP) is -0.129. The fraction of sp³-hybridized carbons (Fsp3) is 0.333. The minimum Gasteiger partial charge on any atom is -0.367 e. The zero-order valence-corrected chi connectivity index (χ0v) is 5.16. The Morgan fingerprint density at radius 2 is 2.44 bits per heavy atom. The molecule has 0 aromatic carbocycles. The second-order valence-electron chi connectivity index (χ2n) is 2.15. The molecule has 0 bridgehead atoms. The smallest absolute Gasteiger partial charge is 0.249 e. The van der Waals surface area contributed by atoms with Gasteiger partial charge >= 0.3 is 0 Å². The summed E-state index contributed by atoms with van der Waals surface area (Å²) >= 11 is 0. The van der Waals surface area contributed by atoms with Crippen molar-refractivity contribution in [2.45, 2.75) is 12.5 Å². The van der Waals surface area contributed by atoms with Gasteiger partial charge < -0.3 is 5.73 Å². The molecule has 0 aliphatic carbocycles. The van der Waals surface area contributed by atoms with Crippen molar-refractivity contribution < 1.29 is 4.79 Å². The predicted molar refractivity (Wildman–Crippen MR) is 35.2 cm³/mol. The first-order valence-corrected chi connectivity index (χ1v) is 2.68. The van der Waals surface area contributed by atoms with Crippen molar-refractivity contribution in [3.05, 3.63) is 12.2 Å². The van der Waals surface area contributed by atoms with E-state index in [0.29, 0.717) is 0 Å². The molecule has 9 heavy (non-hydrogen) atoms. The summed E-state index contributed by atoms with van der Waals surface area (Å²) in [5.74, 6) is -0.410. The van der Waals surface area contributed by atoms with Crippen LogP contribution in [-0.4, -0.2) is 17.7 Å². The van der Waals surface area contributed by atoms with E-state index in [9.17, 15) is 4.79 Å². The van der Waals surface area contributed by atoms with E-state index in [0.717, 1.165) is 0 Å². The average Bonchev–Trinajstić information content (AvgIpc) is 2.16. The molecule has 3 nitrogen and oxygen atoms in total. The van der Waals surface area contributed by atoms with Crippen LogP contribution >= 0.6 is 0 Å². The highest BCUT2D eigenvalue weighted by Gasteiger charge is 2.27. The van der Waals surface area contributed by atoms with Crippen LogP contribution in [0, 0.1) is 0 Å². The van der Waals surface area contributed by atoms with E-state index in [-0.39, 0.29) is 0 Å². The van der Waals surface area contributed by atoms with Gasteiger partial charge in [0.15, 0.2) is 5.54 Å². The third-order valence-electron chi connectivity index (χ3n) is 1.35. The van der Waals surface area contributed by atoms with Gasteiger partial charge in [-0.2, -0.15) is 0 Å². The minimum absolute atomic E-state index is 0.410. The van der Waals surface area contributed by atoms with Crippen LogP contribution in [0.2, 0.25) is 0 Å². The van der Waals surface area contributed by atoms with Gasteiger partial charge in [-0.15, -0.1) is 0 Å². The van der Waals surface area contributed by atoms with E-state index in [1.54, 1.807) is 25.3 Å². The van der Waals surface area contributed by atoms with Crippen molar-refractivity contribution >= 4 is 12.1 Å². The van der Waals surface area contributed by atoms with Gasteiger partial charge in [-0.3, -0.25) is 9.79 Å². The third kappa shape index (κ3) is 0.850. The van der Waals surface area contributed by atoms with Crippen LogP contribution in [0.25, 0.3) is 0 Å². The van der Waals surface area contributed by atoms with E-state index in [1.807, 2.05) is 0 Å². The summed E-state index contributed by atoms with van der Waals surface area (Å²) in [4.78, 5) is 14.4. The summed E-state index contributed by atoms with van der Waals surface area (Å²) in [6.07, 6.45) is 4.96. The molecule has 1 rings (SSSR count). The van der Waals surface area contributed by atoms with Crippen molar-refractivity contribution in [3.8, 4) is 0 Å². The average molecular weight is 124 g/mol. The molecule has 0 aromatic heterocycles. The molecule has 0 radical (unpaired) electrons. The second-order valence-corrected chi connectivity index (χ2v) is 2.15. The van der Waals surface area contributed by atoms with Crippen LogP contribution in [-0.2, 0) is 4.79 Å². The summed E-state index contributed by atoms with van der Waals surface area (Å²) in [7, 11) is 0. The first kappa shape index (κ1) is 6.01. The number of primary amides is 1. The van der Waals surface area contributed by atoms with E-state index < -0.39 is 11.4 Å². The van der Waals surface area contributed by atoms with E-state index >= 15 is 0 Å². The van der Waals surface area contributed by atoms with Crippen molar-refractivity contribution in [1.29, 1.82) is 0 Å². The van der Waals surface area contributed by atoms with E-state index in [1.165, 1.54) is 0 Å². The lowest BCUT2D eigenvalue weighted by Gasteiger charge is -2.11. The summed E-state index contributed by atoms with van der Waals surface area (Å²) in [5, 5.41) is 0. The fourth-order valence-electron chi connectivity index (χ4n) is 0.617. The van der Waals surface area contributed by atoms with Gasteiger partial charge in [-0.1, -0.05) is 0 Å². The highest BCUT2D eigenvalue weighted by molar-refractivity contribution is 5.92. The molecule has 0 fully saturated rings. The Bertz CT molecular complexity index is 181. The maximum absolute atomic E-state index is 10.6. The number of aliphatic imine (C=N–C) groups is 1. The summed E-state index contributed by atoms with van der Waals surface area (Å²) in [6.45, 7) is 1.68. The van der Waals surface area contributed by atoms with E-state index in [2.05, 4.69) is 4.99 Å². The summed E-state index contributed by atoms with van der Waals surface area (Å²) in [6, 6.07) is 0. The normalized spacial score (nSPS) is 31.2. The largest absolute Gasteiger partial charge is 0.367 e. The molecule has 48 valence electrons. The molecule has 1 aliphatic rings. The van der Waals surface area contributed by atoms with Crippen LogP contribution in [0.15, 0.2) is 17.1 Å². The molecule has 0 saturated carbocycles. The first-order valence-electron chi connectivity index (χ1n) is 2.68. The lowest BCUT2D eigenvalue weighted by molar-refractivity contribution is -0.120. The molecule has 3 heteroatoms. The maximum atomic E-state index is 10.6. The van der Waals surface area contributed by atoms with Gasteiger partial charge in [0.05, 0.1) is 0 Å². The Morgan fingerprint density at radius 1 is 1.78 bits per heavy atom. The SMILES string of the molecule is CC1(C(N)=O)C=CC=N1. The van der Waals surface area contributed by atoms with Gasteiger partial charge in [0, 0.05) is 6.21 Å². The molecule has 2 N–H and O–H groups in total. The number of allylic oxidation sites excluding steroid dienone is 1. The van der Waals surface area contributed by atoms with Gasteiger partial charge in [-0.25, -0.2) is 0 Å². The molecule has 1 unspecified atom stereocenters. The Morgan fingerprint density at radius 3 is 2.67 bits per heavy atom.